The fraction of sp³-hybridized carbons (Fsp3) is 0.900. The Balaban J connectivity index is 3.85. The Morgan fingerprint density at radius 2 is 1.86 bits per heavy atom. The van der Waals surface area contributed by atoms with Gasteiger partial charge in [-0.15, -0.1) is 0 Å². The van der Waals surface area contributed by atoms with Gasteiger partial charge in [-0.3, -0.25) is 4.79 Å². The van der Waals surface area contributed by atoms with Crippen LogP contribution in [-0.4, -0.2) is 35.2 Å². The molecule has 0 aliphatic carbocycles. The van der Waals surface area contributed by atoms with E-state index in [1.807, 2.05) is 13.8 Å². The molecule has 0 fully saturated rings. The van der Waals surface area contributed by atoms with Gasteiger partial charge in [0.15, 0.2) is 0 Å². The molecule has 0 radical (unpaired) electrons. The topological polar surface area (TPSA) is 61.4 Å². The summed E-state index contributed by atoms with van der Waals surface area (Å²) in [6.45, 7) is 9.42. The van der Waals surface area contributed by atoms with Gasteiger partial charge in [-0.2, -0.15) is 0 Å². The lowest BCUT2D eigenvalue weighted by Crippen LogP contribution is -2.48. The van der Waals surface area contributed by atoms with E-state index in [4.69, 9.17) is 0 Å². The van der Waals surface area contributed by atoms with Gasteiger partial charge in [-0.1, -0.05) is 0 Å². The second kappa shape index (κ2) is 5.32. The van der Waals surface area contributed by atoms with Crippen molar-refractivity contribution in [2.75, 3.05) is 6.54 Å². The number of amides is 1. The summed E-state index contributed by atoms with van der Waals surface area (Å²) in [6.07, 6.45) is 0. The molecule has 0 spiro atoms. The number of aliphatic hydroxyl groups is 1. The van der Waals surface area contributed by atoms with Crippen molar-refractivity contribution in [3.8, 4) is 0 Å². The minimum Gasteiger partial charge on any atom is -0.389 e. The molecule has 0 bridgehead atoms. The minimum atomic E-state index is -0.785. The molecule has 0 aromatic carbocycles. The third kappa shape index (κ3) is 6.86. The van der Waals surface area contributed by atoms with Gasteiger partial charge in [0.25, 0.3) is 0 Å². The Labute approximate surface area is 86.1 Å². The molecule has 0 saturated heterocycles. The standard InChI is InChI=1S/C10H22N2O2/c1-7(2)12-9(13)8(3)11-6-10(4,5)14/h7-8,11,14H,6H2,1-5H3,(H,12,13). The van der Waals surface area contributed by atoms with Crippen LogP contribution >= 0.6 is 0 Å². The van der Waals surface area contributed by atoms with E-state index in [0.717, 1.165) is 0 Å². The maximum atomic E-state index is 11.4. The van der Waals surface area contributed by atoms with Crippen LogP contribution in [0.2, 0.25) is 0 Å². The van der Waals surface area contributed by atoms with E-state index in [-0.39, 0.29) is 18.0 Å². The first-order valence-corrected chi connectivity index (χ1v) is 4.98. The average Bonchev–Trinajstić information content (AvgIpc) is 1.97. The highest BCUT2D eigenvalue weighted by atomic mass is 16.3. The van der Waals surface area contributed by atoms with Crippen LogP contribution in [0.25, 0.3) is 0 Å². The first-order chi connectivity index (χ1) is 6.22. The van der Waals surface area contributed by atoms with Crippen molar-refractivity contribution in [3.63, 3.8) is 0 Å². The third-order valence-corrected chi connectivity index (χ3v) is 1.67. The summed E-state index contributed by atoms with van der Waals surface area (Å²) in [7, 11) is 0. The molecule has 0 saturated carbocycles. The fourth-order valence-corrected chi connectivity index (χ4v) is 0.905. The molecule has 0 rings (SSSR count). The predicted octanol–water partition coefficient (Wildman–Crippen LogP) is 0.260. The van der Waals surface area contributed by atoms with Crippen LogP contribution in [0, 0.1) is 0 Å². The molecular formula is C10H22N2O2. The van der Waals surface area contributed by atoms with Crippen molar-refractivity contribution >= 4 is 5.91 Å². The zero-order valence-electron chi connectivity index (χ0n) is 9.72. The second-order valence-corrected chi connectivity index (χ2v) is 4.58. The van der Waals surface area contributed by atoms with Gasteiger partial charge < -0.3 is 15.7 Å². The van der Waals surface area contributed by atoms with E-state index in [0.29, 0.717) is 6.54 Å². The summed E-state index contributed by atoms with van der Waals surface area (Å²) in [5.41, 5.74) is -0.785. The summed E-state index contributed by atoms with van der Waals surface area (Å²) >= 11 is 0. The van der Waals surface area contributed by atoms with E-state index >= 15 is 0 Å². The maximum Gasteiger partial charge on any atom is 0.237 e. The quantitative estimate of drug-likeness (QED) is 0.599. The smallest absolute Gasteiger partial charge is 0.237 e. The number of carbonyl (C=O) groups excluding carboxylic acids is 1. The molecule has 3 N–H and O–H groups in total. The van der Waals surface area contributed by atoms with Crippen molar-refractivity contribution in [2.45, 2.75) is 52.3 Å². The zero-order valence-corrected chi connectivity index (χ0v) is 9.72. The van der Waals surface area contributed by atoms with Gasteiger partial charge in [0, 0.05) is 12.6 Å². The first kappa shape index (κ1) is 13.4. The monoisotopic (exact) mass is 202 g/mol. The van der Waals surface area contributed by atoms with Crippen molar-refractivity contribution in [2.24, 2.45) is 0 Å². The Morgan fingerprint density at radius 1 is 1.36 bits per heavy atom. The molecule has 4 nitrogen and oxygen atoms in total. The molecule has 14 heavy (non-hydrogen) atoms. The predicted molar refractivity (Wildman–Crippen MR) is 57.0 cm³/mol. The molecule has 0 aromatic rings. The number of hydrogen-bond acceptors (Lipinski definition) is 3. The largest absolute Gasteiger partial charge is 0.389 e. The normalized spacial score (nSPS) is 14.2. The van der Waals surface area contributed by atoms with Gasteiger partial charge in [-0.25, -0.2) is 0 Å². The first-order valence-electron chi connectivity index (χ1n) is 4.98. The van der Waals surface area contributed by atoms with Crippen LogP contribution in [0.3, 0.4) is 0 Å². The fourth-order valence-electron chi connectivity index (χ4n) is 0.905. The number of carbonyl (C=O) groups is 1. The summed E-state index contributed by atoms with van der Waals surface area (Å²) in [4.78, 5) is 11.4. The van der Waals surface area contributed by atoms with Crippen molar-refractivity contribution in [3.05, 3.63) is 0 Å². The van der Waals surface area contributed by atoms with Gasteiger partial charge in [0.05, 0.1) is 11.6 Å². The highest BCUT2D eigenvalue weighted by Gasteiger charge is 2.17. The van der Waals surface area contributed by atoms with Crippen molar-refractivity contribution < 1.29 is 9.90 Å². The Hall–Kier alpha value is -0.610. The van der Waals surface area contributed by atoms with E-state index in [1.165, 1.54) is 0 Å². The SMILES string of the molecule is CC(C)NC(=O)C(C)NCC(C)(C)O. The molecule has 0 aliphatic rings. The molecule has 4 heteroatoms. The zero-order chi connectivity index (χ0) is 11.4. The van der Waals surface area contributed by atoms with Crippen LogP contribution in [0.15, 0.2) is 0 Å². The molecular weight excluding hydrogens is 180 g/mol. The lowest BCUT2D eigenvalue weighted by Gasteiger charge is -2.21. The number of hydrogen-bond donors (Lipinski definition) is 3. The van der Waals surface area contributed by atoms with Gasteiger partial charge in [0.2, 0.25) is 5.91 Å². The number of rotatable bonds is 5. The third-order valence-electron chi connectivity index (χ3n) is 1.67. The van der Waals surface area contributed by atoms with Crippen molar-refractivity contribution in [1.82, 2.24) is 10.6 Å². The van der Waals surface area contributed by atoms with E-state index in [1.54, 1.807) is 20.8 Å². The summed E-state index contributed by atoms with van der Waals surface area (Å²) < 4.78 is 0. The van der Waals surface area contributed by atoms with Gasteiger partial charge in [-0.05, 0) is 34.6 Å². The molecule has 1 amide bonds. The summed E-state index contributed by atoms with van der Waals surface area (Å²) in [5, 5.41) is 15.2. The van der Waals surface area contributed by atoms with Gasteiger partial charge in [0.1, 0.15) is 0 Å². The second-order valence-electron chi connectivity index (χ2n) is 4.58. The van der Waals surface area contributed by atoms with E-state index < -0.39 is 5.60 Å². The molecule has 0 aliphatic heterocycles. The Bertz CT molecular complexity index is 185. The summed E-state index contributed by atoms with van der Waals surface area (Å²) in [6, 6.07) is -0.127. The molecule has 0 aromatic heterocycles. The highest BCUT2D eigenvalue weighted by molar-refractivity contribution is 5.81. The summed E-state index contributed by atoms with van der Waals surface area (Å²) in [5.74, 6) is -0.0377. The molecule has 0 heterocycles. The maximum absolute atomic E-state index is 11.4. The molecule has 1 atom stereocenters. The average molecular weight is 202 g/mol. The van der Waals surface area contributed by atoms with Crippen LogP contribution < -0.4 is 10.6 Å². The Morgan fingerprint density at radius 3 is 2.21 bits per heavy atom. The highest BCUT2D eigenvalue weighted by Crippen LogP contribution is 1.98. The molecule has 84 valence electrons. The number of nitrogens with one attached hydrogen (secondary N) is 2. The van der Waals surface area contributed by atoms with Gasteiger partial charge >= 0.3 is 0 Å². The van der Waals surface area contributed by atoms with Crippen LogP contribution in [0.1, 0.15) is 34.6 Å². The lowest BCUT2D eigenvalue weighted by molar-refractivity contribution is -0.123. The van der Waals surface area contributed by atoms with Crippen LogP contribution in [0.4, 0.5) is 0 Å². The Kier molecular flexibility index (Phi) is 5.08. The van der Waals surface area contributed by atoms with Crippen LogP contribution in [-0.2, 0) is 4.79 Å². The minimum absolute atomic E-state index is 0.0377. The van der Waals surface area contributed by atoms with Crippen LogP contribution in [0.5, 0.6) is 0 Å². The van der Waals surface area contributed by atoms with Crippen molar-refractivity contribution in [1.29, 1.82) is 0 Å². The van der Waals surface area contributed by atoms with E-state index in [9.17, 15) is 9.90 Å². The van der Waals surface area contributed by atoms with E-state index in [2.05, 4.69) is 10.6 Å². The molecule has 1 unspecified atom stereocenters. The lowest BCUT2D eigenvalue weighted by atomic mass is 10.1.